The molecule has 2 N–H and O–H groups in total. The molecule has 0 saturated carbocycles. The molecular weight excluding hydrogens is 361 g/mol. The van der Waals surface area contributed by atoms with Crippen molar-refractivity contribution in [2.75, 3.05) is 0 Å². The summed E-state index contributed by atoms with van der Waals surface area (Å²) in [6.07, 6.45) is 0. The molecule has 0 amide bonds. The first-order chi connectivity index (χ1) is 10.0. The van der Waals surface area contributed by atoms with Crippen molar-refractivity contribution in [1.29, 1.82) is 0 Å². The third kappa shape index (κ3) is 6.72. The first-order valence-corrected chi connectivity index (χ1v) is 8.33. The molecule has 120 valence electrons. The molecule has 0 aliphatic carbocycles. The summed E-state index contributed by atoms with van der Waals surface area (Å²) in [6.45, 7) is 0. The number of phenolic OH excluding ortho intramolecular Hbond substituents is 2. The maximum Gasteiger partial charge on any atom is 2.00 e. The van der Waals surface area contributed by atoms with Crippen LogP contribution in [0, 0.1) is 0 Å². The number of para-hydroxylation sites is 2. The summed E-state index contributed by atoms with van der Waals surface area (Å²) in [4.78, 5) is -1.17. The van der Waals surface area contributed by atoms with Gasteiger partial charge in [-0.2, -0.15) is 0 Å². The Hall–Kier alpha value is -1.37. The molecule has 0 heterocycles. The molecule has 0 atom stereocenters. The Morgan fingerprint density at radius 2 is 0.913 bits per heavy atom. The van der Waals surface area contributed by atoms with E-state index >= 15 is 0 Å². The number of rotatable bonds is 2. The summed E-state index contributed by atoms with van der Waals surface area (Å²) < 4.78 is 62.0. The largest absolute Gasteiger partial charge is 2.00 e. The minimum absolute atomic E-state index is 0. The normalized spacial score (nSPS) is 10.9. The van der Waals surface area contributed by atoms with E-state index in [0.29, 0.717) is 0 Å². The van der Waals surface area contributed by atoms with Crippen molar-refractivity contribution >= 4 is 43.3 Å². The van der Waals surface area contributed by atoms with Crippen molar-refractivity contribution in [2.45, 2.75) is 9.79 Å². The average Bonchev–Trinajstić information content (AvgIpc) is 2.37. The molecule has 2 rings (SSSR count). The van der Waals surface area contributed by atoms with E-state index in [9.17, 15) is 25.9 Å². The first-order valence-electron chi connectivity index (χ1n) is 5.51. The van der Waals surface area contributed by atoms with E-state index in [0.717, 1.165) is 24.3 Å². The van der Waals surface area contributed by atoms with Crippen LogP contribution >= 0.6 is 0 Å². The Labute approximate surface area is 149 Å². The quantitative estimate of drug-likeness (QED) is 0.561. The molecule has 11 heteroatoms. The zero-order valence-electron chi connectivity index (χ0n) is 11.5. The summed E-state index contributed by atoms with van der Waals surface area (Å²) in [7, 11) is -9.07. The zero-order chi connectivity index (χ0) is 17.0. The van der Waals surface area contributed by atoms with Crippen molar-refractivity contribution in [3.63, 3.8) is 0 Å². The van der Waals surface area contributed by atoms with Gasteiger partial charge in [-0.3, -0.25) is 0 Å². The van der Waals surface area contributed by atoms with Crippen LogP contribution in [0.2, 0.25) is 0 Å². The molecule has 8 nitrogen and oxygen atoms in total. The fourth-order valence-electron chi connectivity index (χ4n) is 1.34. The van der Waals surface area contributed by atoms with Crippen molar-refractivity contribution < 1.29 is 36.2 Å². The van der Waals surface area contributed by atoms with Crippen LogP contribution in [0.1, 0.15) is 0 Å². The predicted molar refractivity (Wildman–Crippen MR) is 77.9 cm³/mol. The molecule has 0 aliphatic heterocycles. The van der Waals surface area contributed by atoms with E-state index in [1.54, 1.807) is 0 Å². The van der Waals surface area contributed by atoms with Gasteiger partial charge in [0, 0.05) is 0 Å². The van der Waals surface area contributed by atoms with Crippen molar-refractivity contribution in [3.8, 4) is 11.5 Å². The number of hydrogen-bond donors (Lipinski definition) is 2. The molecule has 0 aliphatic rings. The van der Waals surface area contributed by atoms with Crippen LogP contribution in [-0.2, 0) is 20.2 Å². The number of benzene rings is 2. The van der Waals surface area contributed by atoms with Gasteiger partial charge in [0.25, 0.3) is 0 Å². The standard InChI is InChI=1S/2C6H6O4S.Mg/c2*7-5-3-1-2-4-6(5)11(8,9)10;/h2*1-4,7H,(H,8,9,10);/q;;+2/p-2. The second-order valence-corrected chi connectivity index (χ2v) is 6.54. The van der Waals surface area contributed by atoms with Crippen LogP contribution in [0.5, 0.6) is 11.5 Å². The minimum atomic E-state index is -4.53. The fourth-order valence-corrected chi connectivity index (χ4v) is 2.48. The SMILES string of the molecule is O=S(=O)([O-])c1ccccc1O.O=S(=O)([O-])c1ccccc1O.[Mg+2]. The molecule has 0 aromatic heterocycles. The Bertz CT molecular complexity index is 789. The van der Waals surface area contributed by atoms with Crippen molar-refractivity contribution in [3.05, 3.63) is 48.5 Å². The van der Waals surface area contributed by atoms with Gasteiger partial charge in [-0.05, 0) is 24.3 Å². The van der Waals surface area contributed by atoms with Gasteiger partial charge in [0.1, 0.15) is 31.7 Å². The minimum Gasteiger partial charge on any atom is -0.744 e. The summed E-state index contributed by atoms with van der Waals surface area (Å²) in [6, 6.07) is 9.99. The topological polar surface area (TPSA) is 155 Å². The van der Waals surface area contributed by atoms with E-state index in [2.05, 4.69) is 0 Å². The Balaban J connectivity index is 0.000000403. The van der Waals surface area contributed by atoms with Crippen LogP contribution in [0.25, 0.3) is 0 Å². The number of phenols is 2. The van der Waals surface area contributed by atoms with Crippen LogP contribution in [0.3, 0.4) is 0 Å². The van der Waals surface area contributed by atoms with Gasteiger partial charge in [-0.1, -0.05) is 24.3 Å². The van der Waals surface area contributed by atoms with E-state index in [-0.39, 0.29) is 23.1 Å². The fraction of sp³-hybridized carbons (Fsp3) is 0. The molecule has 2 aromatic carbocycles. The molecular formula is C12H10MgO8S2. The van der Waals surface area contributed by atoms with Crippen LogP contribution in [0.4, 0.5) is 0 Å². The summed E-state index contributed by atoms with van der Waals surface area (Å²) in [5, 5.41) is 17.7. The molecule has 0 unspecified atom stereocenters. The van der Waals surface area contributed by atoms with Gasteiger partial charge in [0.15, 0.2) is 0 Å². The maximum atomic E-state index is 10.3. The zero-order valence-corrected chi connectivity index (χ0v) is 14.5. The van der Waals surface area contributed by atoms with Crippen molar-refractivity contribution in [2.24, 2.45) is 0 Å². The molecule has 0 bridgehead atoms. The summed E-state index contributed by atoms with van der Waals surface area (Å²) in [5.74, 6) is -1.02. The molecule has 0 spiro atoms. The van der Waals surface area contributed by atoms with Gasteiger partial charge in [-0.25, -0.2) is 16.8 Å². The molecule has 0 radical (unpaired) electrons. The van der Waals surface area contributed by atoms with Gasteiger partial charge in [-0.15, -0.1) is 0 Å². The predicted octanol–water partition coefficient (Wildman–Crippen LogP) is 0.212. The van der Waals surface area contributed by atoms with Gasteiger partial charge in [0.2, 0.25) is 0 Å². The van der Waals surface area contributed by atoms with E-state index in [1.807, 2.05) is 0 Å². The molecule has 2 aromatic rings. The third-order valence-electron chi connectivity index (χ3n) is 2.27. The summed E-state index contributed by atoms with van der Waals surface area (Å²) in [5.41, 5.74) is 0. The Morgan fingerprint density at radius 1 is 0.652 bits per heavy atom. The van der Waals surface area contributed by atoms with Gasteiger partial charge >= 0.3 is 23.1 Å². The average molecular weight is 371 g/mol. The molecule has 0 fully saturated rings. The monoisotopic (exact) mass is 370 g/mol. The number of aromatic hydroxyl groups is 2. The van der Waals surface area contributed by atoms with E-state index in [4.69, 9.17) is 10.2 Å². The van der Waals surface area contributed by atoms with Gasteiger partial charge in [0.05, 0.1) is 9.79 Å². The maximum absolute atomic E-state index is 10.3. The second-order valence-electron chi connectivity index (χ2n) is 3.84. The van der Waals surface area contributed by atoms with Crippen LogP contribution in [0.15, 0.2) is 58.3 Å². The second kappa shape index (κ2) is 8.47. The Kier molecular flexibility index (Phi) is 7.96. The summed E-state index contributed by atoms with van der Waals surface area (Å²) >= 11 is 0. The third-order valence-corrected chi connectivity index (χ3v) is 4.04. The molecule has 23 heavy (non-hydrogen) atoms. The number of hydrogen-bond acceptors (Lipinski definition) is 8. The van der Waals surface area contributed by atoms with Gasteiger partial charge < -0.3 is 19.3 Å². The van der Waals surface area contributed by atoms with Crippen molar-refractivity contribution in [1.82, 2.24) is 0 Å². The van der Waals surface area contributed by atoms with Crippen LogP contribution < -0.4 is 0 Å². The van der Waals surface area contributed by atoms with Crippen LogP contribution in [-0.4, -0.2) is 59.2 Å². The molecule has 0 saturated heterocycles. The smallest absolute Gasteiger partial charge is 0.744 e. The van der Waals surface area contributed by atoms with E-state index < -0.39 is 41.5 Å². The Morgan fingerprint density at radius 3 is 1.09 bits per heavy atom. The van der Waals surface area contributed by atoms with E-state index in [1.165, 1.54) is 24.3 Å². The first kappa shape index (κ1) is 21.6.